The fourth-order valence-corrected chi connectivity index (χ4v) is 0.118. The van der Waals surface area contributed by atoms with Gasteiger partial charge in [0.25, 0.3) is 0 Å². The molecule has 48 valence electrons. The Morgan fingerprint density at radius 1 is 1.67 bits per heavy atom. The van der Waals surface area contributed by atoms with Gasteiger partial charge >= 0.3 is 0 Å². The molecule has 0 radical (unpaired) electrons. The molecule has 0 aliphatic heterocycles. The van der Waals surface area contributed by atoms with Crippen molar-refractivity contribution >= 4 is 0 Å². The molecule has 0 aliphatic carbocycles. The number of nitrogens with zero attached hydrogens (tertiary/aromatic N) is 2. The fraction of sp³-hybridized carbons (Fsp3) is 0.200. The average molecular weight is 124 g/mol. The SMILES string of the molecule is C=CCNC#N.N#CN. The quantitative estimate of drug-likeness (QED) is 0.228. The van der Waals surface area contributed by atoms with E-state index in [9.17, 15) is 0 Å². The fourth-order valence-electron chi connectivity index (χ4n) is 0.118. The molecule has 0 saturated carbocycles. The molecule has 3 N–H and O–H groups in total. The maximum Gasteiger partial charge on any atom is 0.176 e. The summed E-state index contributed by atoms with van der Waals surface area (Å²) in [5.41, 5.74) is 4.15. The van der Waals surface area contributed by atoms with Crippen molar-refractivity contribution in [3.63, 3.8) is 0 Å². The van der Waals surface area contributed by atoms with Crippen LogP contribution in [0.2, 0.25) is 0 Å². The number of hydrogen-bond acceptors (Lipinski definition) is 4. The maximum atomic E-state index is 7.79. The largest absolute Gasteiger partial charge is 0.337 e. The van der Waals surface area contributed by atoms with Crippen LogP contribution in [-0.2, 0) is 0 Å². The first-order chi connectivity index (χ1) is 4.33. The lowest BCUT2D eigenvalue weighted by Gasteiger charge is -1.78. The Morgan fingerprint density at radius 2 is 2.11 bits per heavy atom. The molecule has 9 heavy (non-hydrogen) atoms. The van der Waals surface area contributed by atoms with Gasteiger partial charge in [-0.15, -0.1) is 6.58 Å². The van der Waals surface area contributed by atoms with Crippen LogP contribution in [0.4, 0.5) is 0 Å². The van der Waals surface area contributed by atoms with Crippen LogP contribution in [0, 0.1) is 22.9 Å². The topological polar surface area (TPSA) is 85.6 Å². The van der Waals surface area contributed by atoms with E-state index in [-0.39, 0.29) is 0 Å². The van der Waals surface area contributed by atoms with Gasteiger partial charge in [0, 0.05) is 6.54 Å². The molecular weight excluding hydrogens is 116 g/mol. The number of nitrogens with one attached hydrogen (secondary N) is 1. The Bertz CT molecular complexity index is 127. The Kier molecular flexibility index (Phi) is 18.6. The minimum absolute atomic E-state index is 0.566. The molecule has 0 aromatic carbocycles. The van der Waals surface area contributed by atoms with Gasteiger partial charge in [-0.2, -0.15) is 10.5 Å². The normalized spacial score (nSPS) is 4.67. The molecule has 4 nitrogen and oxygen atoms in total. The highest BCUT2D eigenvalue weighted by molar-refractivity contribution is 4.75. The molecule has 0 rings (SSSR count). The van der Waals surface area contributed by atoms with Crippen LogP contribution in [0.25, 0.3) is 0 Å². The van der Waals surface area contributed by atoms with Crippen molar-refractivity contribution in [3.05, 3.63) is 12.7 Å². The molecule has 0 heterocycles. The Hall–Kier alpha value is -1.68. The summed E-state index contributed by atoms with van der Waals surface area (Å²) in [6.07, 6.45) is 4.63. The molecule has 0 amide bonds. The van der Waals surface area contributed by atoms with E-state index in [4.69, 9.17) is 10.5 Å². The van der Waals surface area contributed by atoms with Crippen LogP contribution < -0.4 is 11.1 Å². The van der Waals surface area contributed by atoms with E-state index in [0.29, 0.717) is 6.54 Å². The van der Waals surface area contributed by atoms with E-state index < -0.39 is 0 Å². The average Bonchev–Trinajstić information content (AvgIpc) is 1.86. The van der Waals surface area contributed by atoms with E-state index in [1.807, 2.05) is 0 Å². The zero-order valence-corrected chi connectivity index (χ0v) is 4.96. The van der Waals surface area contributed by atoms with Crippen molar-refractivity contribution in [2.45, 2.75) is 0 Å². The lowest BCUT2D eigenvalue weighted by atomic mass is 10.6. The second kappa shape index (κ2) is 16.2. The van der Waals surface area contributed by atoms with Gasteiger partial charge in [-0.3, -0.25) is 0 Å². The minimum Gasteiger partial charge on any atom is -0.337 e. The van der Waals surface area contributed by atoms with E-state index in [2.05, 4.69) is 17.6 Å². The summed E-state index contributed by atoms with van der Waals surface area (Å²) >= 11 is 0. The molecule has 0 bridgehead atoms. The second-order valence-electron chi connectivity index (χ2n) is 0.910. The summed E-state index contributed by atoms with van der Waals surface area (Å²) in [6, 6.07) is 0. The third kappa shape index (κ3) is 67.7. The summed E-state index contributed by atoms with van der Waals surface area (Å²) in [7, 11) is 0. The molecule has 0 aromatic rings. The molecule has 0 aliphatic rings. The highest BCUT2D eigenvalue weighted by Crippen LogP contribution is 1.51. The first-order valence-electron chi connectivity index (χ1n) is 2.16. The molecule has 0 spiro atoms. The molecular formula is C5H8N4. The number of rotatable bonds is 2. The molecule has 0 fully saturated rings. The first-order valence-corrected chi connectivity index (χ1v) is 2.16. The minimum atomic E-state index is 0.566. The Labute approximate surface area is 54.2 Å². The van der Waals surface area contributed by atoms with Crippen molar-refractivity contribution in [2.75, 3.05) is 6.54 Å². The van der Waals surface area contributed by atoms with Crippen molar-refractivity contribution in [1.29, 1.82) is 10.5 Å². The summed E-state index contributed by atoms with van der Waals surface area (Å²) in [6.45, 7) is 3.95. The van der Waals surface area contributed by atoms with Crippen LogP contribution in [0.1, 0.15) is 0 Å². The molecule has 0 saturated heterocycles. The summed E-state index contributed by atoms with van der Waals surface area (Å²) < 4.78 is 0. The van der Waals surface area contributed by atoms with Crippen LogP contribution in [-0.4, -0.2) is 6.54 Å². The third-order valence-corrected chi connectivity index (χ3v) is 0.325. The lowest BCUT2D eigenvalue weighted by molar-refractivity contribution is 1.00. The lowest BCUT2D eigenvalue weighted by Crippen LogP contribution is -2.02. The molecule has 0 unspecified atom stereocenters. The molecule has 0 aromatic heterocycles. The van der Waals surface area contributed by atoms with Crippen LogP contribution in [0.15, 0.2) is 12.7 Å². The summed E-state index contributed by atoms with van der Waals surface area (Å²) in [5.74, 6) is 0. The van der Waals surface area contributed by atoms with E-state index in [1.165, 1.54) is 6.19 Å². The highest BCUT2D eigenvalue weighted by atomic mass is 14.8. The van der Waals surface area contributed by atoms with Gasteiger partial charge in [-0.25, -0.2) is 0 Å². The van der Waals surface area contributed by atoms with Crippen LogP contribution in [0.3, 0.4) is 0 Å². The van der Waals surface area contributed by atoms with Crippen molar-refractivity contribution in [1.82, 2.24) is 5.32 Å². The number of nitriles is 2. The van der Waals surface area contributed by atoms with Gasteiger partial charge in [-0.1, -0.05) is 6.08 Å². The maximum absolute atomic E-state index is 7.79. The highest BCUT2D eigenvalue weighted by Gasteiger charge is 1.63. The van der Waals surface area contributed by atoms with Gasteiger partial charge < -0.3 is 11.1 Å². The second-order valence-corrected chi connectivity index (χ2v) is 0.910. The number of nitrogens with two attached hydrogens (primary N) is 1. The molecule has 0 atom stereocenters. The third-order valence-electron chi connectivity index (χ3n) is 0.325. The molecule has 4 heteroatoms. The Balaban J connectivity index is 0. The van der Waals surface area contributed by atoms with Crippen molar-refractivity contribution in [2.24, 2.45) is 5.73 Å². The first kappa shape index (κ1) is 10.3. The van der Waals surface area contributed by atoms with Gasteiger partial charge in [0.2, 0.25) is 0 Å². The smallest absolute Gasteiger partial charge is 0.176 e. The van der Waals surface area contributed by atoms with Gasteiger partial charge in [0.05, 0.1) is 0 Å². The zero-order valence-electron chi connectivity index (χ0n) is 4.96. The van der Waals surface area contributed by atoms with E-state index >= 15 is 0 Å². The predicted molar refractivity (Wildman–Crippen MR) is 33.6 cm³/mol. The zero-order chi connectivity index (χ0) is 7.54. The van der Waals surface area contributed by atoms with Gasteiger partial charge in [0.15, 0.2) is 12.4 Å². The number of hydrogen-bond donors (Lipinski definition) is 2. The van der Waals surface area contributed by atoms with Crippen molar-refractivity contribution in [3.8, 4) is 12.4 Å². The van der Waals surface area contributed by atoms with Gasteiger partial charge in [0.1, 0.15) is 0 Å². The van der Waals surface area contributed by atoms with Gasteiger partial charge in [-0.05, 0) is 0 Å². The van der Waals surface area contributed by atoms with E-state index in [0.717, 1.165) is 0 Å². The standard InChI is InChI=1S/C4H6N2.CH2N2/c1-2-3-6-4-5;2-1-3/h2,6H,1,3H2;2H2. The van der Waals surface area contributed by atoms with Crippen LogP contribution >= 0.6 is 0 Å². The summed E-state index contributed by atoms with van der Waals surface area (Å²) in [5, 5.41) is 17.3. The van der Waals surface area contributed by atoms with Crippen molar-refractivity contribution < 1.29 is 0 Å². The predicted octanol–water partition coefficient (Wildman–Crippen LogP) is -0.331. The summed E-state index contributed by atoms with van der Waals surface area (Å²) in [4.78, 5) is 0. The Morgan fingerprint density at radius 3 is 2.22 bits per heavy atom. The van der Waals surface area contributed by atoms with Crippen LogP contribution in [0.5, 0.6) is 0 Å². The monoisotopic (exact) mass is 124 g/mol. The van der Waals surface area contributed by atoms with E-state index in [1.54, 1.807) is 12.3 Å².